The summed E-state index contributed by atoms with van der Waals surface area (Å²) in [6.07, 6.45) is 1.89. The minimum Gasteiger partial charge on any atom is -0.256 e. The Kier molecular flexibility index (Phi) is 4.26. The average Bonchev–Trinajstić information content (AvgIpc) is 2.61. The summed E-state index contributed by atoms with van der Waals surface area (Å²) in [5, 5.41) is 0. The molecule has 0 aromatic heterocycles. The van der Waals surface area contributed by atoms with Crippen molar-refractivity contribution in [2.24, 2.45) is 4.99 Å². The van der Waals surface area contributed by atoms with Crippen molar-refractivity contribution in [3.8, 4) is 0 Å². The second-order valence-electron chi connectivity index (χ2n) is 5.03. The third-order valence-corrected chi connectivity index (χ3v) is 3.50. The van der Waals surface area contributed by atoms with Crippen molar-refractivity contribution in [3.63, 3.8) is 0 Å². The molecule has 0 bridgehead atoms. The zero-order valence-corrected chi connectivity index (χ0v) is 12.3. The molecule has 0 aliphatic rings. The summed E-state index contributed by atoms with van der Waals surface area (Å²) in [4.78, 5) is 4.64. The van der Waals surface area contributed by atoms with Crippen molar-refractivity contribution in [1.82, 2.24) is 0 Å². The lowest BCUT2D eigenvalue weighted by Crippen LogP contribution is -1.87. The van der Waals surface area contributed by atoms with Crippen molar-refractivity contribution in [2.45, 2.75) is 0 Å². The maximum absolute atomic E-state index is 4.64. The smallest absolute Gasteiger partial charge is 0.0708 e. The van der Waals surface area contributed by atoms with Crippen molar-refractivity contribution in [2.75, 3.05) is 0 Å². The Hall–Kier alpha value is -2.93. The highest BCUT2D eigenvalue weighted by atomic mass is 14.7. The van der Waals surface area contributed by atoms with Crippen LogP contribution in [0.25, 0.3) is 5.57 Å². The molecule has 106 valence electrons. The molecule has 1 nitrogen and oxygen atoms in total. The molecule has 0 fully saturated rings. The standard InChI is InChI=1S/C21H17N/c1-17(19-12-6-3-7-13-19)20-14-8-9-15-21(20)22-16-18-10-4-2-5-11-18/h2-16H,1H2. The Labute approximate surface area is 131 Å². The summed E-state index contributed by atoms with van der Waals surface area (Å²) in [5.74, 6) is 0. The molecule has 0 atom stereocenters. The van der Waals surface area contributed by atoms with E-state index in [-0.39, 0.29) is 0 Å². The largest absolute Gasteiger partial charge is 0.256 e. The van der Waals surface area contributed by atoms with Gasteiger partial charge < -0.3 is 0 Å². The van der Waals surface area contributed by atoms with Crippen LogP contribution in [-0.2, 0) is 0 Å². The van der Waals surface area contributed by atoms with E-state index in [1.54, 1.807) is 0 Å². The van der Waals surface area contributed by atoms with Crippen LogP contribution in [0.4, 0.5) is 5.69 Å². The van der Waals surface area contributed by atoms with Crippen LogP contribution in [0.5, 0.6) is 0 Å². The fourth-order valence-corrected chi connectivity index (χ4v) is 2.32. The summed E-state index contributed by atoms with van der Waals surface area (Å²) in [6.45, 7) is 4.24. The Morgan fingerprint density at radius 2 is 1.32 bits per heavy atom. The van der Waals surface area contributed by atoms with E-state index < -0.39 is 0 Å². The van der Waals surface area contributed by atoms with Gasteiger partial charge in [-0.05, 0) is 22.8 Å². The number of rotatable bonds is 4. The van der Waals surface area contributed by atoms with E-state index in [4.69, 9.17) is 0 Å². The normalized spacial score (nSPS) is 10.7. The minimum atomic E-state index is 0.931. The summed E-state index contributed by atoms with van der Waals surface area (Å²) in [7, 11) is 0. The zero-order valence-electron chi connectivity index (χ0n) is 12.3. The van der Waals surface area contributed by atoms with Gasteiger partial charge in [0.15, 0.2) is 0 Å². The number of hydrogen-bond donors (Lipinski definition) is 0. The number of nitrogens with zero attached hydrogens (tertiary/aromatic N) is 1. The number of benzene rings is 3. The maximum Gasteiger partial charge on any atom is 0.0708 e. The summed E-state index contributed by atoms with van der Waals surface area (Å²) in [6, 6.07) is 28.4. The van der Waals surface area contributed by atoms with Crippen molar-refractivity contribution < 1.29 is 0 Å². The second kappa shape index (κ2) is 6.68. The molecular formula is C21H17N. The molecule has 3 aromatic rings. The quantitative estimate of drug-likeness (QED) is 0.561. The first-order valence-electron chi connectivity index (χ1n) is 7.27. The molecule has 0 aliphatic heterocycles. The van der Waals surface area contributed by atoms with Gasteiger partial charge in [0, 0.05) is 11.8 Å². The monoisotopic (exact) mass is 283 g/mol. The Morgan fingerprint density at radius 1 is 0.727 bits per heavy atom. The number of para-hydroxylation sites is 1. The zero-order chi connectivity index (χ0) is 15.2. The van der Waals surface area contributed by atoms with E-state index in [1.807, 2.05) is 72.9 Å². The van der Waals surface area contributed by atoms with Crippen LogP contribution >= 0.6 is 0 Å². The maximum atomic E-state index is 4.64. The molecule has 3 aromatic carbocycles. The van der Waals surface area contributed by atoms with Gasteiger partial charge in [-0.25, -0.2) is 0 Å². The molecule has 0 amide bonds. The summed E-state index contributed by atoms with van der Waals surface area (Å²) >= 11 is 0. The van der Waals surface area contributed by atoms with Gasteiger partial charge in [-0.3, -0.25) is 4.99 Å². The first-order chi connectivity index (χ1) is 10.8. The molecule has 0 saturated heterocycles. The fraction of sp³-hybridized carbons (Fsp3) is 0. The predicted octanol–water partition coefficient (Wildman–Crippen LogP) is 5.50. The van der Waals surface area contributed by atoms with Crippen molar-refractivity contribution in [1.29, 1.82) is 0 Å². The van der Waals surface area contributed by atoms with Crippen LogP contribution in [-0.4, -0.2) is 6.21 Å². The lowest BCUT2D eigenvalue weighted by molar-refractivity contribution is 1.47. The Morgan fingerprint density at radius 3 is 2.05 bits per heavy atom. The molecule has 0 heterocycles. The topological polar surface area (TPSA) is 12.4 Å². The van der Waals surface area contributed by atoms with Crippen LogP contribution in [0.1, 0.15) is 16.7 Å². The molecule has 1 heteroatoms. The summed E-state index contributed by atoms with van der Waals surface area (Å²) < 4.78 is 0. The summed E-state index contributed by atoms with van der Waals surface area (Å²) in [5.41, 5.74) is 5.18. The third kappa shape index (κ3) is 3.21. The second-order valence-corrected chi connectivity index (χ2v) is 5.03. The Bertz CT molecular complexity index is 786. The molecule has 0 saturated carbocycles. The van der Waals surface area contributed by atoms with Crippen molar-refractivity contribution >= 4 is 17.5 Å². The van der Waals surface area contributed by atoms with Gasteiger partial charge in [-0.2, -0.15) is 0 Å². The van der Waals surface area contributed by atoms with Gasteiger partial charge >= 0.3 is 0 Å². The molecule has 22 heavy (non-hydrogen) atoms. The van der Waals surface area contributed by atoms with Crippen LogP contribution in [0.2, 0.25) is 0 Å². The average molecular weight is 283 g/mol. The van der Waals surface area contributed by atoms with E-state index in [0.717, 1.165) is 28.0 Å². The lowest BCUT2D eigenvalue weighted by Gasteiger charge is -2.09. The van der Waals surface area contributed by atoms with E-state index in [9.17, 15) is 0 Å². The molecular weight excluding hydrogens is 266 g/mol. The highest BCUT2D eigenvalue weighted by Gasteiger charge is 2.06. The van der Waals surface area contributed by atoms with E-state index in [2.05, 4.69) is 29.8 Å². The van der Waals surface area contributed by atoms with Gasteiger partial charge in [0.2, 0.25) is 0 Å². The van der Waals surface area contributed by atoms with Gasteiger partial charge in [0.05, 0.1) is 5.69 Å². The molecule has 3 rings (SSSR count). The third-order valence-electron chi connectivity index (χ3n) is 3.50. The SMILES string of the molecule is C=C(c1ccccc1)c1ccccc1N=Cc1ccccc1. The van der Waals surface area contributed by atoms with Crippen LogP contribution in [0.3, 0.4) is 0 Å². The van der Waals surface area contributed by atoms with Gasteiger partial charge in [0.25, 0.3) is 0 Å². The molecule has 0 radical (unpaired) electrons. The molecule has 0 unspecified atom stereocenters. The molecule has 0 spiro atoms. The molecule has 0 aliphatic carbocycles. The lowest BCUT2D eigenvalue weighted by atomic mass is 9.98. The first kappa shape index (κ1) is 14.0. The van der Waals surface area contributed by atoms with E-state index in [1.165, 1.54) is 0 Å². The van der Waals surface area contributed by atoms with Gasteiger partial charge in [-0.15, -0.1) is 0 Å². The number of hydrogen-bond acceptors (Lipinski definition) is 1. The number of aliphatic imine (C=N–C) groups is 1. The van der Waals surface area contributed by atoms with Crippen LogP contribution in [0, 0.1) is 0 Å². The molecule has 0 N–H and O–H groups in total. The van der Waals surface area contributed by atoms with Crippen LogP contribution < -0.4 is 0 Å². The van der Waals surface area contributed by atoms with E-state index >= 15 is 0 Å². The highest BCUT2D eigenvalue weighted by molar-refractivity contribution is 5.87. The van der Waals surface area contributed by atoms with Gasteiger partial charge in [-0.1, -0.05) is 85.4 Å². The van der Waals surface area contributed by atoms with Gasteiger partial charge in [0.1, 0.15) is 0 Å². The minimum absolute atomic E-state index is 0.931. The fourth-order valence-electron chi connectivity index (χ4n) is 2.32. The van der Waals surface area contributed by atoms with Crippen molar-refractivity contribution in [3.05, 3.63) is 108 Å². The Balaban J connectivity index is 1.94. The highest BCUT2D eigenvalue weighted by Crippen LogP contribution is 2.29. The predicted molar refractivity (Wildman–Crippen MR) is 94.7 cm³/mol. The van der Waals surface area contributed by atoms with E-state index in [0.29, 0.717) is 0 Å². The first-order valence-corrected chi connectivity index (χ1v) is 7.27. The van der Waals surface area contributed by atoms with Crippen LogP contribution in [0.15, 0.2) is 96.5 Å².